The predicted molar refractivity (Wildman–Crippen MR) is 228 cm³/mol. The van der Waals surface area contributed by atoms with Gasteiger partial charge in [-0.3, -0.25) is 34.5 Å². The number of carbonyl (C=O) groups is 2. The van der Waals surface area contributed by atoms with Crippen molar-refractivity contribution in [3.63, 3.8) is 0 Å². The van der Waals surface area contributed by atoms with Crippen molar-refractivity contribution in [1.29, 1.82) is 0 Å². The first-order valence-corrected chi connectivity index (χ1v) is 18.7. The Morgan fingerprint density at radius 3 is 1.35 bits per heavy atom. The Hall–Kier alpha value is -3.59. The quantitative estimate of drug-likeness (QED) is 0.0955. The van der Waals surface area contributed by atoms with Crippen molar-refractivity contribution in [2.45, 2.75) is 53.9 Å². The van der Waals surface area contributed by atoms with E-state index in [4.69, 9.17) is 68.8 Å². The molecule has 0 radical (unpaired) electrons. The maximum atomic E-state index is 11.0. The van der Waals surface area contributed by atoms with Crippen molar-refractivity contribution in [2.24, 2.45) is 0 Å². The Morgan fingerprint density at radius 2 is 1.02 bits per heavy atom. The highest BCUT2D eigenvalue weighted by Gasteiger charge is 2.10. The molecule has 0 spiro atoms. The van der Waals surface area contributed by atoms with Gasteiger partial charge in [-0.25, -0.2) is 0 Å². The van der Waals surface area contributed by atoms with Crippen molar-refractivity contribution in [3.05, 3.63) is 148 Å². The number of hydrogen-bond acceptors (Lipinski definition) is 9. The minimum Gasteiger partial charge on any atom is -0.481 e. The number of aromatic nitrogens is 5. The molecule has 0 fully saturated rings. The van der Waals surface area contributed by atoms with Gasteiger partial charge in [0.15, 0.2) is 0 Å². The molecule has 0 saturated carbocycles. The number of halogens is 6. The van der Waals surface area contributed by atoms with Gasteiger partial charge in [-0.15, -0.1) is 6.58 Å². The van der Waals surface area contributed by atoms with Crippen LogP contribution in [0.15, 0.2) is 74.6 Å². The summed E-state index contributed by atoms with van der Waals surface area (Å²) < 4.78 is 5.63. The molecule has 3 N–H and O–H groups in total. The Labute approximate surface area is 354 Å². The van der Waals surface area contributed by atoms with Crippen LogP contribution in [0.2, 0.25) is 25.1 Å². The van der Waals surface area contributed by atoms with Crippen LogP contribution in [0.4, 0.5) is 5.69 Å². The molecule has 0 aromatic carbocycles. The van der Waals surface area contributed by atoms with Crippen LogP contribution in [0.3, 0.4) is 0 Å². The fraction of sp³-hybridized carbons (Fsp3) is 0.237. The van der Waals surface area contributed by atoms with E-state index in [1.807, 2.05) is 40.0 Å². The lowest BCUT2D eigenvalue weighted by Crippen LogP contribution is -2.06. The number of carboxylic acids is 1. The summed E-state index contributed by atoms with van der Waals surface area (Å²) in [4.78, 5) is 40.8. The second-order valence-corrected chi connectivity index (χ2v) is 14.3. The van der Waals surface area contributed by atoms with Gasteiger partial charge in [-0.05, 0) is 108 Å². The molecule has 0 bridgehead atoms. The van der Waals surface area contributed by atoms with Crippen LogP contribution in [-0.4, -0.2) is 49.1 Å². The number of pyridine rings is 5. The summed E-state index contributed by atoms with van der Waals surface area (Å²) in [6, 6.07) is 0. The second-order valence-electron chi connectivity index (χ2n) is 11.2. The van der Waals surface area contributed by atoms with Crippen LogP contribution in [0.5, 0.6) is 0 Å². The highest BCUT2D eigenvalue weighted by atomic mass is 127. The predicted octanol–water partition coefficient (Wildman–Crippen LogP) is 10.5. The number of nitrogens with two attached hydrogens (primary N) is 1. The molecule has 288 valence electrons. The zero-order valence-electron chi connectivity index (χ0n) is 30.4. The number of carbonyl (C=O) groups excluding carboxylic acids is 1. The highest BCUT2D eigenvalue weighted by Crippen LogP contribution is 2.22. The number of esters is 1. The van der Waals surface area contributed by atoms with Gasteiger partial charge >= 0.3 is 11.9 Å². The van der Waals surface area contributed by atoms with Gasteiger partial charge in [-0.1, -0.05) is 64.1 Å². The molecule has 16 heteroatoms. The summed E-state index contributed by atoms with van der Waals surface area (Å²) in [5.41, 5.74) is 13.5. The van der Waals surface area contributed by atoms with Crippen molar-refractivity contribution in [2.75, 3.05) is 12.8 Å². The van der Waals surface area contributed by atoms with Gasteiger partial charge < -0.3 is 15.6 Å². The van der Waals surface area contributed by atoms with Gasteiger partial charge in [0.2, 0.25) is 0 Å². The molecule has 0 amide bonds. The van der Waals surface area contributed by atoms with Gasteiger partial charge in [0.1, 0.15) is 0 Å². The van der Waals surface area contributed by atoms with Crippen molar-refractivity contribution >= 4 is 98.2 Å². The van der Waals surface area contributed by atoms with Crippen LogP contribution in [0.1, 0.15) is 44.5 Å². The number of nitrogen functional groups attached to an aromatic ring is 1. The Morgan fingerprint density at radius 1 is 0.648 bits per heavy atom. The van der Waals surface area contributed by atoms with Crippen molar-refractivity contribution in [3.8, 4) is 0 Å². The Bertz CT molecular complexity index is 1870. The van der Waals surface area contributed by atoms with Crippen molar-refractivity contribution < 1.29 is 19.4 Å². The summed E-state index contributed by atoms with van der Waals surface area (Å²) >= 11 is 31.1. The number of hydrogen-bond donors (Lipinski definition) is 2. The normalized spacial score (nSPS) is 9.70. The van der Waals surface area contributed by atoms with E-state index >= 15 is 0 Å². The largest absolute Gasteiger partial charge is 0.481 e. The van der Waals surface area contributed by atoms with Crippen LogP contribution >= 0.6 is 80.6 Å². The van der Waals surface area contributed by atoms with Crippen LogP contribution in [0.25, 0.3) is 0 Å². The summed E-state index contributed by atoms with van der Waals surface area (Å²) in [6.07, 6.45) is 19.2. The lowest BCUT2D eigenvalue weighted by molar-refractivity contribution is -0.140. The number of nitrogens with zero attached hydrogens (tertiary/aromatic N) is 5. The smallest absolute Gasteiger partial charge is 0.310 e. The SMILES string of the molecule is C=CCc1c(C)cncc1Cl.COC(=O)Cc1c(C)cncc1Cl.Cc1cncc(Cl)c1CC(=O)O.Cc1cncc(Cl)c1I.Cc1cncc(Cl)c1N. The van der Waals surface area contributed by atoms with Gasteiger partial charge in [0.05, 0.1) is 50.8 Å². The van der Waals surface area contributed by atoms with E-state index in [0.717, 1.165) is 59.0 Å². The molecule has 0 aliphatic heterocycles. The minimum atomic E-state index is -0.883. The highest BCUT2D eigenvalue weighted by molar-refractivity contribution is 14.1. The van der Waals surface area contributed by atoms with Gasteiger partial charge in [0, 0.05) is 65.5 Å². The maximum absolute atomic E-state index is 11.0. The summed E-state index contributed by atoms with van der Waals surface area (Å²) in [5.74, 6) is -1.18. The molecular weight excluding hydrogens is 909 g/mol. The molecule has 0 aliphatic rings. The first-order valence-electron chi connectivity index (χ1n) is 15.7. The van der Waals surface area contributed by atoms with Crippen LogP contribution < -0.4 is 5.73 Å². The molecule has 0 aliphatic carbocycles. The third kappa shape index (κ3) is 17.3. The lowest BCUT2D eigenvalue weighted by atomic mass is 10.1. The summed E-state index contributed by atoms with van der Waals surface area (Å²) in [6.45, 7) is 13.2. The summed E-state index contributed by atoms with van der Waals surface area (Å²) in [5, 5.41) is 11.4. The molecule has 54 heavy (non-hydrogen) atoms. The molecule has 5 rings (SSSR count). The number of anilines is 1. The summed E-state index contributed by atoms with van der Waals surface area (Å²) in [7, 11) is 1.35. The topological polar surface area (TPSA) is 154 Å². The molecule has 0 unspecified atom stereocenters. The van der Waals surface area contributed by atoms with E-state index in [-0.39, 0.29) is 18.8 Å². The Kier molecular flexibility index (Phi) is 22.9. The fourth-order valence-corrected chi connectivity index (χ4v) is 5.47. The molecule has 0 saturated heterocycles. The van der Waals surface area contributed by atoms with E-state index in [1.165, 1.54) is 25.7 Å². The minimum absolute atomic E-state index is 0.0484. The zero-order valence-corrected chi connectivity index (χ0v) is 36.4. The fourth-order valence-electron chi connectivity index (χ4n) is 3.95. The van der Waals surface area contributed by atoms with E-state index in [1.54, 1.807) is 44.1 Å². The first kappa shape index (κ1) is 48.4. The number of aliphatic carboxylic acids is 1. The number of methoxy groups -OCH3 is 1. The maximum Gasteiger partial charge on any atom is 0.310 e. The molecule has 0 atom stereocenters. The number of aryl methyl sites for hydroxylation is 5. The number of allylic oxidation sites excluding steroid dienone is 1. The van der Waals surface area contributed by atoms with E-state index in [0.29, 0.717) is 26.3 Å². The second kappa shape index (κ2) is 25.5. The zero-order chi connectivity index (χ0) is 41.0. The molecule has 10 nitrogen and oxygen atoms in total. The lowest BCUT2D eigenvalue weighted by Gasteiger charge is -2.05. The number of rotatable bonds is 6. The average molecular weight is 949 g/mol. The van der Waals surface area contributed by atoms with Crippen LogP contribution in [0, 0.1) is 38.2 Å². The van der Waals surface area contributed by atoms with Crippen LogP contribution in [-0.2, 0) is 33.6 Å². The standard InChI is InChI=1S/C9H10ClNO2.C9H10ClN.C8H8ClNO2.C6H5ClIN.C6H7ClN2/c1-6-4-11-5-8(10)7(6)3-9(12)13-2;1-3-4-8-7(2)5-11-6-9(8)10;1-5-3-10-4-7(9)6(5)2-8(11)12;2*1-4-2-9-3-5(7)6(4)8/h4-5H,3H2,1-2H3;3,5-6H,1,4H2,2H3;3-4H,2H2,1H3,(H,11,12);2-3H,1H3;2-3H,1H3,(H2,8,9). The van der Waals surface area contributed by atoms with Gasteiger partial charge in [0.25, 0.3) is 0 Å². The average Bonchev–Trinajstić information content (AvgIpc) is 3.12. The third-order valence-corrected chi connectivity index (χ3v) is 10.4. The molecule has 5 aromatic heterocycles. The number of carboxylic acid groups (broad SMARTS) is 1. The van der Waals surface area contributed by atoms with E-state index in [9.17, 15) is 9.59 Å². The first-order chi connectivity index (χ1) is 25.4. The van der Waals surface area contributed by atoms with E-state index in [2.05, 4.69) is 58.8 Å². The van der Waals surface area contributed by atoms with Gasteiger partial charge in [-0.2, -0.15) is 0 Å². The number of ether oxygens (including phenoxy) is 1. The molecular formula is C38H40Cl5IN6O4. The third-order valence-electron chi connectivity index (χ3n) is 7.04. The monoisotopic (exact) mass is 946 g/mol. The molecule has 5 aromatic rings. The Balaban J connectivity index is 0.000000340. The van der Waals surface area contributed by atoms with Crippen molar-refractivity contribution in [1.82, 2.24) is 24.9 Å². The molecule has 5 heterocycles. The van der Waals surface area contributed by atoms with E-state index < -0.39 is 5.97 Å².